The molecule has 0 saturated carbocycles. The number of carbonyl (C=O) groups is 2. The first kappa shape index (κ1) is 13.7. The van der Waals surface area contributed by atoms with Gasteiger partial charge in [0.25, 0.3) is 0 Å². The van der Waals surface area contributed by atoms with Gasteiger partial charge in [-0.15, -0.1) is 0 Å². The third-order valence-electron chi connectivity index (χ3n) is 2.32. The Hall–Kier alpha value is -1.72. The second kappa shape index (κ2) is 5.50. The highest BCUT2D eigenvalue weighted by atomic mass is 35.5. The average Bonchev–Trinajstić information content (AvgIpc) is 2.37. The van der Waals surface area contributed by atoms with E-state index in [0.717, 1.165) is 0 Å². The molecule has 0 spiro atoms. The monoisotopic (exact) mass is 298 g/mol. The number of esters is 1. The third-order valence-corrected chi connectivity index (χ3v) is 2.92. The zero-order valence-corrected chi connectivity index (χ0v) is 11.3. The van der Waals surface area contributed by atoms with E-state index in [4.69, 9.17) is 23.2 Å². The summed E-state index contributed by atoms with van der Waals surface area (Å²) in [5.41, 5.74) is 1.01. The summed E-state index contributed by atoms with van der Waals surface area (Å²) < 4.78 is 4.63. The van der Waals surface area contributed by atoms with E-state index >= 15 is 0 Å². The van der Waals surface area contributed by atoms with E-state index in [1.54, 1.807) is 12.1 Å². The standard InChI is InChI=1S/C12H8Cl2N2O3/c1-6(17)19-5-9(18)7-4-15-8-2-3-10(13)16-12(8)11(7)14/h2-4H,5H2,1H3. The number of carbonyl (C=O) groups excluding carboxylic acids is 2. The molecule has 2 heterocycles. The van der Waals surface area contributed by atoms with Crippen molar-refractivity contribution in [3.8, 4) is 0 Å². The van der Waals surface area contributed by atoms with Gasteiger partial charge < -0.3 is 4.74 Å². The molecule has 2 rings (SSSR count). The molecule has 0 atom stereocenters. The number of hydrogen-bond donors (Lipinski definition) is 0. The van der Waals surface area contributed by atoms with E-state index in [2.05, 4.69) is 14.7 Å². The fourth-order valence-corrected chi connectivity index (χ4v) is 1.89. The second-order valence-electron chi connectivity index (χ2n) is 3.69. The Morgan fingerprint density at radius 2 is 2.05 bits per heavy atom. The van der Waals surface area contributed by atoms with Crippen molar-refractivity contribution in [2.75, 3.05) is 6.61 Å². The van der Waals surface area contributed by atoms with Gasteiger partial charge in [0.15, 0.2) is 6.61 Å². The molecule has 0 bridgehead atoms. The molecule has 7 heteroatoms. The smallest absolute Gasteiger partial charge is 0.303 e. The molecule has 98 valence electrons. The lowest BCUT2D eigenvalue weighted by Crippen LogP contribution is -2.13. The number of nitrogens with zero attached hydrogens (tertiary/aromatic N) is 2. The van der Waals surface area contributed by atoms with Crippen LogP contribution in [0, 0.1) is 0 Å². The highest BCUT2D eigenvalue weighted by Gasteiger charge is 2.16. The van der Waals surface area contributed by atoms with Gasteiger partial charge in [0.1, 0.15) is 10.7 Å². The van der Waals surface area contributed by atoms with Crippen LogP contribution in [0.5, 0.6) is 0 Å². The fourth-order valence-electron chi connectivity index (χ4n) is 1.45. The maximum atomic E-state index is 11.8. The van der Waals surface area contributed by atoms with Gasteiger partial charge in [0.2, 0.25) is 5.78 Å². The molecule has 0 fully saturated rings. The van der Waals surface area contributed by atoms with E-state index in [1.807, 2.05) is 0 Å². The minimum atomic E-state index is -0.542. The zero-order valence-electron chi connectivity index (χ0n) is 9.81. The lowest BCUT2D eigenvalue weighted by molar-refractivity contribution is -0.139. The lowest BCUT2D eigenvalue weighted by atomic mass is 10.1. The normalized spacial score (nSPS) is 10.5. The molecule has 0 aliphatic heterocycles. The van der Waals surface area contributed by atoms with Crippen LogP contribution in [0.15, 0.2) is 18.3 Å². The van der Waals surface area contributed by atoms with Crippen molar-refractivity contribution in [2.45, 2.75) is 6.92 Å². The molecule has 0 aromatic carbocycles. The number of ketones is 1. The molecule has 2 aromatic heterocycles. The second-order valence-corrected chi connectivity index (χ2v) is 4.46. The van der Waals surface area contributed by atoms with Gasteiger partial charge in [-0.2, -0.15) is 0 Å². The predicted octanol–water partition coefficient (Wildman–Crippen LogP) is 2.68. The Balaban J connectivity index is 2.41. The number of fused-ring (bicyclic) bond motifs is 1. The molecule has 0 unspecified atom stereocenters. The first-order valence-corrected chi connectivity index (χ1v) is 6.02. The summed E-state index contributed by atoms with van der Waals surface area (Å²) >= 11 is 11.9. The maximum Gasteiger partial charge on any atom is 0.303 e. The highest BCUT2D eigenvalue weighted by Crippen LogP contribution is 2.25. The summed E-state index contributed by atoms with van der Waals surface area (Å²) in [4.78, 5) is 30.6. The van der Waals surface area contributed by atoms with Gasteiger partial charge in [-0.05, 0) is 12.1 Å². The molecule has 0 aliphatic rings. The maximum absolute atomic E-state index is 11.8. The molecule has 0 amide bonds. The van der Waals surface area contributed by atoms with Crippen molar-refractivity contribution in [1.29, 1.82) is 0 Å². The number of aromatic nitrogens is 2. The molecular formula is C12H8Cl2N2O3. The Kier molecular flexibility index (Phi) is 3.97. The fraction of sp³-hybridized carbons (Fsp3) is 0.167. The van der Waals surface area contributed by atoms with Crippen LogP contribution in [0.4, 0.5) is 0 Å². The SMILES string of the molecule is CC(=O)OCC(=O)c1cnc2ccc(Cl)nc2c1Cl. The first-order valence-electron chi connectivity index (χ1n) is 5.26. The molecule has 0 N–H and O–H groups in total. The summed E-state index contributed by atoms with van der Waals surface area (Å²) in [5, 5.41) is 0.394. The van der Waals surface area contributed by atoms with E-state index in [-0.39, 0.29) is 22.3 Å². The number of ether oxygens (including phenoxy) is 1. The summed E-state index contributed by atoms with van der Waals surface area (Å²) in [6.45, 7) is 0.831. The largest absolute Gasteiger partial charge is 0.457 e. The molecule has 0 radical (unpaired) electrons. The molecule has 0 saturated heterocycles. The van der Waals surface area contributed by atoms with Crippen LogP contribution in [0.2, 0.25) is 10.2 Å². The van der Waals surface area contributed by atoms with Gasteiger partial charge in [-0.1, -0.05) is 23.2 Å². The van der Waals surface area contributed by atoms with Crippen molar-refractivity contribution < 1.29 is 14.3 Å². The van der Waals surface area contributed by atoms with E-state index in [1.165, 1.54) is 13.1 Å². The average molecular weight is 299 g/mol. The van der Waals surface area contributed by atoms with Gasteiger partial charge in [-0.25, -0.2) is 4.98 Å². The van der Waals surface area contributed by atoms with Crippen molar-refractivity contribution in [3.63, 3.8) is 0 Å². The Morgan fingerprint density at radius 1 is 1.32 bits per heavy atom. The number of hydrogen-bond acceptors (Lipinski definition) is 5. The topological polar surface area (TPSA) is 69.2 Å². The van der Waals surface area contributed by atoms with Gasteiger partial charge in [0.05, 0.1) is 16.1 Å². The number of halogens is 2. The van der Waals surface area contributed by atoms with E-state index < -0.39 is 11.8 Å². The molecule has 19 heavy (non-hydrogen) atoms. The Morgan fingerprint density at radius 3 is 2.74 bits per heavy atom. The van der Waals surface area contributed by atoms with Gasteiger partial charge in [-0.3, -0.25) is 14.6 Å². The van der Waals surface area contributed by atoms with Crippen LogP contribution in [0.3, 0.4) is 0 Å². The predicted molar refractivity (Wildman–Crippen MR) is 70.5 cm³/mol. The lowest BCUT2D eigenvalue weighted by Gasteiger charge is -2.06. The quantitative estimate of drug-likeness (QED) is 0.495. The van der Waals surface area contributed by atoms with Crippen molar-refractivity contribution in [1.82, 2.24) is 9.97 Å². The minimum Gasteiger partial charge on any atom is -0.457 e. The van der Waals surface area contributed by atoms with E-state index in [0.29, 0.717) is 11.0 Å². The van der Waals surface area contributed by atoms with Crippen LogP contribution < -0.4 is 0 Å². The van der Waals surface area contributed by atoms with Crippen LogP contribution in [0.1, 0.15) is 17.3 Å². The number of rotatable bonds is 3. The van der Waals surface area contributed by atoms with Gasteiger partial charge >= 0.3 is 5.97 Å². The van der Waals surface area contributed by atoms with Crippen molar-refractivity contribution >= 4 is 46.0 Å². The number of pyridine rings is 2. The van der Waals surface area contributed by atoms with Crippen LogP contribution in [-0.2, 0) is 9.53 Å². The Labute approximate surface area is 118 Å². The molecule has 5 nitrogen and oxygen atoms in total. The summed E-state index contributed by atoms with van der Waals surface area (Å²) in [7, 11) is 0. The van der Waals surface area contributed by atoms with Crippen molar-refractivity contribution in [2.24, 2.45) is 0 Å². The Bertz CT molecular complexity index is 673. The van der Waals surface area contributed by atoms with Crippen molar-refractivity contribution in [3.05, 3.63) is 34.1 Å². The number of Topliss-reactive ketones (excluding diaryl/α,β-unsaturated/α-hetero) is 1. The summed E-state index contributed by atoms with van der Waals surface area (Å²) in [6.07, 6.45) is 1.33. The zero-order chi connectivity index (χ0) is 14.0. The van der Waals surface area contributed by atoms with E-state index in [9.17, 15) is 9.59 Å². The highest BCUT2D eigenvalue weighted by molar-refractivity contribution is 6.38. The van der Waals surface area contributed by atoms with Gasteiger partial charge in [0, 0.05) is 13.1 Å². The third kappa shape index (κ3) is 3.00. The summed E-state index contributed by atoms with van der Waals surface area (Å²) in [6, 6.07) is 3.23. The van der Waals surface area contributed by atoms with Crippen LogP contribution >= 0.6 is 23.2 Å². The first-order chi connectivity index (χ1) is 8.99. The molecular weight excluding hydrogens is 291 g/mol. The molecule has 0 aliphatic carbocycles. The van der Waals surface area contributed by atoms with Crippen LogP contribution in [-0.4, -0.2) is 28.3 Å². The summed E-state index contributed by atoms with van der Waals surface area (Å²) in [5.74, 6) is -0.990. The minimum absolute atomic E-state index is 0.143. The van der Waals surface area contributed by atoms with Crippen LogP contribution in [0.25, 0.3) is 11.0 Å². The molecule has 2 aromatic rings.